The van der Waals surface area contributed by atoms with Crippen molar-refractivity contribution < 1.29 is 14.3 Å². The number of amides is 1. The summed E-state index contributed by atoms with van der Waals surface area (Å²) in [6, 6.07) is 9.13. The number of para-hydroxylation sites is 1. The first kappa shape index (κ1) is 20.5. The molecule has 1 aromatic carbocycles. The number of nitriles is 1. The molecule has 152 valence electrons. The molecule has 2 aromatic rings. The third-order valence-electron chi connectivity index (χ3n) is 5.55. The van der Waals surface area contributed by atoms with Gasteiger partial charge in [0.2, 0.25) is 0 Å². The van der Waals surface area contributed by atoms with Gasteiger partial charge in [-0.15, -0.1) is 0 Å². The van der Waals surface area contributed by atoms with Crippen molar-refractivity contribution in [2.45, 2.75) is 57.2 Å². The van der Waals surface area contributed by atoms with Crippen molar-refractivity contribution in [2.24, 2.45) is 0 Å². The summed E-state index contributed by atoms with van der Waals surface area (Å²) in [6.45, 7) is 1.13. The fourth-order valence-corrected chi connectivity index (χ4v) is 3.79. The van der Waals surface area contributed by atoms with Gasteiger partial charge in [-0.3, -0.25) is 19.0 Å². The summed E-state index contributed by atoms with van der Waals surface area (Å²) in [5, 5.41) is 10.0. The van der Waals surface area contributed by atoms with Crippen LogP contribution in [0.2, 0.25) is 0 Å². The molecule has 0 unspecified atom stereocenters. The van der Waals surface area contributed by atoms with Crippen LogP contribution in [-0.2, 0) is 20.9 Å². The van der Waals surface area contributed by atoms with Gasteiger partial charge in [-0.05, 0) is 31.9 Å². The van der Waals surface area contributed by atoms with E-state index in [-0.39, 0.29) is 12.1 Å². The summed E-state index contributed by atoms with van der Waals surface area (Å²) < 4.78 is 6.41. The van der Waals surface area contributed by atoms with Gasteiger partial charge in [-0.25, -0.2) is 4.98 Å². The maximum absolute atomic E-state index is 12.8. The van der Waals surface area contributed by atoms with Crippen LogP contribution in [0.4, 0.5) is 0 Å². The molecule has 1 heterocycles. The Morgan fingerprint density at radius 1 is 1.31 bits per heavy atom. The first-order valence-electron chi connectivity index (χ1n) is 9.70. The van der Waals surface area contributed by atoms with Gasteiger partial charge < -0.3 is 9.64 Å². The van der Waals surface area contributed by atoms with Crippen molar-refractivity contribution >= 4 is 22.8 Å². The van der Waals surface area contributed by atoms with Crippen molar-refractivity contribution in [1.82, 2.24) is 14.5 Å². The van der Waals surface area contributed by atoms with E-state index in [2.05, 4.69) is 11.1 Å². The minimum atomic E-state index is -1.05. The summed E-state index contributed by atoms with van der Waals surface area (Å²) in [5.41, 5.74) is -0.661. The number of nitrogens with zero attached hydrogens (tertiary/aromatic N) is 4. The van der Waals surface area contributed by atoms with Gasteiger partial charge in [0.05, 0.1) is 23.3 Å². The van der Waals surface area contributed by atoms with E-state index in [1.54, 1.807) is 31.3 Å². The van der Waals surface area contributed by atoms with Crippen molar-refractivity contribution in [1.29, 1.82) is 5.26 Å². The highest BCUT2D eigenvalue weighted by atomic mass is 16.5. The number of benzene rings is 1. The van der Waals surface area contributed by atoms with E-state index in [0.717, 1.165) is 23.8 Å². The molecule has 3 rings (SSSR count). The van der Waals surface area contributed by atoms with E-state index in [1.807, 2.05) is 0 Å². The zero-order valence-corrected chi connectivity index (χ0v) is 16.6. The van der Waals surface area contributed by atoms with Crippen molar-refractivity contribution in [3.63, 3.8) is 0 Å². The number of ether oxygens (including phenoxy) is 1. The van der Waals surface area contributed by atoms with Crippen LogP contribution in [0.25, 0.3) is 10.9 Å². The summed E-state index contributed by atoms with van der Waals surface area (Å²) in [4.78, 5) is 43.1. The molecule has 0 spiro atoms. The van der Waals surface area contributed by atoms with E-state index >= 15 is 0 Å². The van der Waals surface area contributed by atoms with E-state index in [0.29, 0.717) is 23.7 Å². The average molecular weight is 396 g/mol. The molecule has 29 heavy (non-hydrogen) atoms. The van der Waals surface area contributed by atoms with Crippen LogP contribution in [0.5, 0.6) is 0 Å². The predicted molar refractivity (Wildman–Crippen MR) is 106 cm³/mol. The molecule has 1 atom stereocenters. The van der Waals surface area contributed by atoms with E-state index < -0.39 is 23.5 Å². The average Bonchev–Trinajstić information content (AvgIpc) is 2.75. The minimum absolute atomic E-state index is 0.346. The van der Waals surface area contributed by atoms with Gasteiger partial charge in [0.25, 0.3) is 11.5 Å². The molecular formula is C21H24N4O4. The third-order valence-corrected chi connectivity index (χ3v) is 5.55. The summed E-state index contributed by atoms with van der Waals surface area (Å²) in [5.74, 6) is -1.14. The van der Waals surface area contributed by atoms with E-state index in [4.69, 9.17) is 4.74 Å². The second-order valence-electron chi connectivity index (χ2n) is 7.43. The van der Waals surface area contributed by atoms with Gasteiger partial charge in [0.15, 0.2) is 6.10 Å². The second-order valence-corrected chi connectivity index (χ2v) is 7.43. The monoisotopic (exact) mass is 396 g/mol. The lowest BCUT2D eigenvalue weighted by molar-refractivity contribution is -0.161. The second kappa shape index (κ2) is 8.43. The van der Waals surface area contributed by atoms with Crippen LogP contribution in [0.1, 0.15) is 39.0 Å². The highest BCUT2D eigenvalue weighted by Crippen LogP contribution is 2.32. The Morgan fingerprint density at radius 3 is 2.69 bits per heavy atom. The van der Waals surface area contributed by atoms with Crippen molar-refractivity contribution in [3.05, 3.63) is 40.9 Å². The maximum Gasteiger partial charge on any atom is 0.326 e. The quantitative estimate of drug-likeness (QED) is 0.716. The standard InChI is InChI=1S/C21H24N4O4/c1-15(19(27)24(2)21(13-22)10-6-3-7-11-21)29-18(26)12-25-14-23-17-9-5-4-8-16(17)20(25)28/h4-5,8-9,14-15H,3,6-7,10-12H2,1-2H3/t15-/m0/s1. The van der Waals surface area contributed by atoms with Crippen LogP contribution in [0.3, 0.4) is 0 Å². The summed E-state index contributed by atoms with van der Waals surface area (Å²) in [7, 11) is 1.58. The molecule has 8 nitrogen and oxygen atoms in total. The molecule has 1 amide bonds. The SMILES string of the molecule is C[C@H](OC(=O)Cn1cnc2ccccc2c1=O)C(=O)N(C)C1(C#N)CCCCC1. The zero-order chi connectivity index (χ0) is 21.0. The van der Waals surface area contributed by atoms with Crippen LogP contribution >= 0.6 is 0 Å². The highest BCUT2D eigenvalue weighted by molar-refractivity contribution is 5.84. The first-order chi connectivity index (χ1) is 13.9. The Bertz CT molecular complexity index is 1020. The molecular weight excluding hydrogens is 372 g/mol. The molecule has 8 heteroatoms. The molecule has 0 bridgehead atoms. The normalized spacial score (nSPS) is 16.6. The largest absolute Gasteiger partial charge is 0.451 e. The Labute approximate surface area is 168 Å². The number of carbonyl (C=O) groups excluding carboxylic acids is 2. The minimum Gasteiger partial charge on any atom is -0.451 e. The smallest absolute Gasteiger partial charge is 0.326 e. The number of aromatic nitrogens is 2. The number of fused-ring (bicyclic) bond motifs is 1. The molecule has 0 saturated heterocycles. The van der Waals surface area contributed by atoms with Gasteiger partial charge in [-0.1, -0.05) is 31.4 Å². The van der Waals surface area contributed by atoms with Crippen LogP contribution in [0.15, 0.2) is 35.4 Å². The number of esters is 1. The molecule has 0 aliphatic heterocycles. The molecule has 1 fully saturated rings. The molecule has 0 N–H and O–H groups in total. The lowest BCUT2D eigenvalue weighted by atomic mass is 9.81. The maximum atomic E-state index is 12.8. The number of carbonyl (C=O) groups is 2. The van der Waals surface area contributed by atoms with Gasteiger partial charge >= 0.3 is 5.97 Å². The predicted octanol–water partition coefficient (Wildman–Crippen LogP) is 2.01. The number of hydrogen-bond donors (Lipinski definition) is 0. The third kappa shape index (κ3) is 4.14. The fourth-order valence-electron chi connectivity index (χ4n) is 3.79. The van der Waals surface area contributed by atoms with Gasteiger partial charge in [0.1, 0.15) is 12.1 Å². The molecule has 0 radical (unpaired) electrons. The van der Waals surface area contributed by atoms with Gasteiger partial charge in [0, 0.05) is 7.05 Å². The topological polar surface area (TPSA) is 105 Å². The number of hydrogen-bond acceptors (Lipinski definition) is 6. The molecule has 1 aliphatic carbocycles. The lowest BCUT2D eigenvalue weighted by Gasteiger charge is -2.39. The fraction of sp³-hybridized carbons (Fsp3) is 0.476. The molecule has 1 saturated carbocycles. The highest BCUT2D eigenvalue weighted by Gasteiger charge is 2.40. The zero-order valence-electron chi connectivity index (χ0n) is 16.6. The Morgan fingerprint density at radius 2 is 2.00 bits per heavy atom. The van der Waals surface area contributed by atoms with Crippen LogP contribution in [-0.4, -0.2) is 45.0 Å². The summed E-state index contributed by atoms with van der Waals surface area (Å²) in [6.07, 6.45) is 4.29. The summed E-state index contributed by atoms with van der Waals surface area (Å²) >= 11 is 0. The first-order valence-corrected chi connectivity index (χ1v) is 9.70. The van der Waals surface area contributed by atoms with Crippen LogP contribution < -0.4 is 5.56 Å². The van der Waals surface area contributed by atoms with Gasteiger partial charge in [-0.2, -0.15) is 5.26 Å². The lowest BCUT2D eigenvalue weighted by Crippen LogP contribution is -2.53. The Balaban J connectivity index is 1.67. The van der Waals surface area contributed by atoms with Crippen molar-refractivity contribution in [2.75, 3.05) is 7.05 Å². The number of likely N-dealkylation sites (N-methyl/N-ethyl adjacent to an activating group) is 1. The van der Waals surface area contributed by atoms with E-state index in [1.165, 1.54) is 18.2 Å². The van der Waals surface area contributed by atoms with Crippen LogP contribution in [0, 0.1) is 11.3 Å². The number of rotatable bonds is 5. The van der Waals surface area contributed by atoms with E-state index in [9.17, 15) is 19.6 Å². The molecule has 1 aliphatic rings. The molecule has 1 aromatic heterocycles. The Kier molecular flexibility index (Phi) is 5.97. The van der Waals surface area contributed by atoms with Crippen molar-refractivity contribution in [3.8, 4) is 6.07 Å². The Hall–Kier alpha value is -3.21.